The molecular weight excluding hydrogens is 373 g/mol. The number of hydrogen-bond acceptors (Lipinski definition) is 4. The topological polar surface area (TPSA) is 63.7 Å². The molecule has 0 bridgehead atoms. The van der Waals surface area contributed by atoms with Gasteiger partial charge in [-0.3, -0.25) is 14.4 Å². The molecule has 1 saturated heterocycles. The maximum atomic E-state index is 13.0. The van der Waals surface area contributed by atoms with Gasteiger partial charge in [0.15, 0.2) is 11.6 Å². The minimum absolute atomic E-state index is 0.0294. The van der Waals surface area contributed by atoms with Crippen LogP contribution in [0, 0.1) is 12.7 Å². The second kappa shape index (κ2) is 8.99. The van der Waals surface area contributed by atoms with Crippen molar-refractivity contribution >= 4 is 17.5 Å². The molecule has 1 aliphatic rings. The molecule has 3 rings (SSSR count). The van der Waals surface area contributed by atoms with Crippen LogP contribution in [-0.2, 0) is 4.79 Å². The Balaban J connectivity index is 1.64. The second-order valence-corrected chi connectivity index (χ2v) is 7.22. The monoisotopic (exact) mass is 397 g/mol. The number of methoxy groups -OCH3 is 1. The van der Waals surface area contributed by atoms with Crippen LogP contribution in [0.2, 0.25) is 0 Å². The van der Waals surface area contributed by atoms with Crippen molar-refractivity contribution < 1.29 is 23.5 Å². The first kappa shape index (κ1) is 20.7. The maximum absolute atomic E-state index is 13.0. The van der Waals surface area contributed by atoms with Crippen LogP contribution in [0.4, 0.5) is 4.39 Å². The minimum Gasteiger partial charge on any atom is -0.496 e. The number of rotatable bonds is 7. The molecule has 2 aromatic carbocycles. The quantitative estimate of drug-likeness (QED) is 0.663. The van der Waals surface area contributed by atoms with E-state index in [-0.39, 0.29) is 30.3 Å². The molecule has 1 amide bonds. The van der Waals surface area contributed by atoms with Crippen molar-refractivity contribution in [1.82, 2.24) is 4.90 Å². The standard InChI is InChI=1S/C23H24FNO4/c1-15-14-17(7-11-21(15)29-2)23(28)19-4-3-13-25(19)22(27)12-10-20(26)16-5-8-18(24)9-6-16/h5-9,11,14,19H,3-4,10,12-13H2,1-2H3. The summed E-state index contributed by atoms with van der Waals surface area (Å²) >= 11 is 0. The number of ketones is 2. The smallest absolute Gasteiger partial charge is 0.223 e. The zero-order valence-corrected chi connectivity index (χ0v) is 16.6. The Morgan fingerprint density at radius 1 is 1.07 bits per heavy atom. The normalized spacial score (nSPS) is 16.0. The summed E-state index contributed by atoms with van der Waals surface area (Å²) in [7, 11) is 1.58. The average molecular weight is 397 g/mol. The van der Waals surface area contributed by atoms with E-state index in [2.05, 4.69) is 0 Å². The number of ether oxygens (including phenoxy) is 1. The molecule has 6 heteroatoms. The third-order valence-corrected chi connectivity index (χ3v) is 5.29. The second-order valence-electron chi connectivity index (χ2n) is 7.22. The number of halogens is 1. The first-order valence-electron chi connectivity index (χ1n) is 9.68. The third-order valence-electron chi connectivity index (χ3n) is 5.29. The number of likely N-dealkylation sites (tertiary alicyclic amines) is 1. The van der Waals surface area contributed by atoms with Crippen LogP contribution in [0.25, 0.3) is 0 Å². The Labute approximate surface area is 169 Å². The lowest BCUT2D eigenvalue weighted by molar-refractivity contribution is -0.131. The lowest BCUT2D eigenvalue weighted by Crippen LogP contribution is -2.40. The first-order chi connectivity index (χ1) is 13.9. The molecule has 1 unspecified atom stereocenters. The van der Waals surface area contributed by atoms with Gasteiger partial charge in [0.2, 0.25) is 5.91 Å². The fraction of sp³-hybridized carbons (Fsp3) is 0.348. The molecule has 0 aromatic heterocycles. The van der Waals surface area contributed by atoms with Gasteiger partial charge >= 0.3 is 0 Å². The Hall–Kier alpha value is -3.02. The predicted octanol–water partition coefficient (Wildman–Crippen LogP) is 3.98. The van der Waals surface area contributed by atoms with Crippen LogP contribution >= 0.6 is 0 Å². The van der Waals surface area contributed by atoms with Gasteiger partial charge in [-0.25, -0.2) is 4.39 Å². The summed E-state index contributed by atoms with van der Waals surface area (Å²) in [5.41, 5.74) is 1.79. The maximum Gasteiger partial charge on any atom is 0.223 e. The highest BCUT2D eigenvalue weighted by Gasteiger charge is 2.34. The molecule has 0 radical (unpaired) electrons. The number of aryl methyl sites for hydroxylation is 1. The Morgan fingerprint density at radius 2 is 1.76 bits per heavy atom. The number of carbonyl (C=O) groups excluding carboxylic acids is 3. The van der Waals surface area contributed by atoms with Crippen molar-refractivity contribution in [2.75, 3.05) is 13.7 Å². The summed E-state index contributed by atoms with van der Waals surface area (Å²) in [6.07, 6.45) is 1.43. The number of Topliss-reactive ketones (excluding diaryl/α,β-unsaturated/α-hetero) is 2. The molecule has 0 saturated carbocycles. The van der Waals surface area contributed by atoms with Gasteiger partial charge in [0.05, 0.1) is 13.2 Å². The highest BCUT2D eigenvalue weighted by molar-refractivity contribution is 6.03. The summed E-state index contributed by atoms with van der Waals surface area (Å²) < 4.78 is 18.2. The number of nitrogens with zero attached hydrogens (tertiary/aromatic N) is 1. The van der Waals surface area contributed by atoms with Gasteiger partial charge in [0, 0.05) is 30.5 Å². The van der Waals surface area contributed by atoms with E-state index < -0.39 is 11.9 Å². The van der Waals surface area contributed by atoms with E-state index in [1.54, 1.807) is 30.2 Å². The largest absolute Gasteiger partial charge is 0.496 e. The summed E-state index contributed by atoms with van der Waals surface area (Å²) in [6, 6.07) is 10.0. The third kappa shape index (κ3) is 4.70. The van der Waals surface area contributed by atoms with Gasteiger partial charge < -0.3 is 9.64 Å². The summed E-state index contributed by atoms with van der Waals surface area (Å²) in [5.74, 6) is -0.218. The van der Waals surface area contributed by atoms with Gasteiger partial charge in [0.25, 0.3) is 0 Å². The van der Waals surface area contributed by atoms with Crippen LogP contribution in [0.5, 0.6) is 5.75 Å². The molecule has 1 atom stereocenters. The molecule has 152 valence electrons. The van der Waals surface area contributed by atoms with Gasteiger partial charge in [-0.1, -0.05) is 0 Å². The van der Waals surface area contributed by atoms with Gasteiger partial charge in [-0.05, 0) is 67.8 Å². The van der Waals surface area contributed by atoms with Gasteiger partial charge in [0.1, 0.15) is 11.6 Å². The zero-order valence-electron chi connectivity index (χ0n) is 16.6. The van der Waals surface area contributed by atoms with E-state index in [4.69, 9.17) is 4.74 Å². The fourth-order valence-corrected chi connectivity index (χ4v) is 3.71. The van der Waals surface area contributed by atoms with Crippen LogP contribution < -0.4 is 4.74 Å². The van der Waals surface area contributed by atoms with E-state index >= 15 is 0 Å². The summed E-state index contributed by atoms with van der Waals surface area (Å²) in [5, 5.41) is 0. The molecule has 0 N–H and O–H groups in total. The predicted molar refractivity (Wildman–Crippen MR) is 107 cm³/mol. The lowest BCUT2D eigenvalue weighted by Gasteiger charge is -2.24. The highest BCUT2D eigenvalue weighted by Crippen LogP contribution is 2.25. The molecule has 29 heavy (non-hydrogen) atoms. The number of carbonyl (C=O) groups is 3. The molecule has 1 heterocycles. The molecule has 0 aliphatic carbocycles. The SMILES string of the molecule is COc1ccc(C(=O)C2CCCN2C(=O)CCC(=O)c2ccc(F)cc2)cc1C. The summed E-state index contributed by atoms with van der Waals surface area (Å²) in [4.78, 5) is 39.5. The zero-order chi connectivity index (χ0) is 21.0. The van der Waals surface area contributed by atoms with Crippen LogP contribution in [0.3, 0.4) is 0 Å². The van der Waals surface area contributed by atoms with Crippen LogP contribution in [0.1, 0.15) is 52.0 Å². The number of benzene rings is 2. The van der Waals surface area contributed by atoms with E-state index in [0.29, 0.717) is 29.8 Å². The fourth-order valence-electron chi connectivity index (χ4n) is 3.71. The molecular formula is C23H24FNO4. The summed E-state index contributed by atoms with van der Waals surface area (Å²) in [6.45, 7) is 2.38. The van der Waals surface area contributed by atoms with E-state index in [0.717, 1.165) is 12.0 Å². The highest BCUT2D eigenvalue weighted by atomic mass is 19.1. The molecule has 5 nitrogen and oxygen atoms in total. The van der Waals surface area contributed by atoms with Crippen molar-refractivity contribution in [1.29, 1.82) is 0 Å². The molecule has 1 aliphatic heterocycles. The van der Waals surface area contributed by atoms with Crippen molar-refractivity contribution in [3.05, 3.63) is 65.0 Å². The number of hydrogen-bond donors (Lipinski definition) is 0. The lowest BCUT2D eigenvalue weighted by atomic mass is 9.99. The van der Waals surface area contributed by atoms with Gasteiger partial charge in [-0.2, -0.15) is 0 Å². The molecule has 2 aromatic rings. The van der Waals surface area contributed by atoms with Crippen molar-refractivity contribution in [2.45, 2.75) is 38.6 Å². The van der Waals surface area contributed by atoms with Gasteiger partial charge in [-0.15, -0.1) is 0 Å². The Bertz CT molecular complexity index is 923. The average Bonchev–Trinajstić information content (AvgIpc) is 3.21. The Morgan fingerprint density at radius 3 is 2.41 bits per heavy atom. The van der Waals surface area contributed by atoms with E-state index in [1.807, 2.05) is 6.92 Å². The number of amides is 1. The van der Waals surface area contributed by atoms with E-state index in [9.17, 15) is 18.8 Å². The van der Waals surface area contributed by atoms with Crippen molar-refractivity contribution in [2.24, 2.45) is 0 Å². The van der Waals surface area contributed by atoms with E-state index in [1.165, 1.54) is 24.3 Å². The first-order valence-corrected chi connectivity index (χ1v) is 9.68. The minimum atomic E-state index is -0.504. The van der Waals surface area contributed by atoms with Crippen LogP contribution in [0.15, 0.2) is 42.5 Å². The molecule has 1 fully saturated rings. The van der Waals surface area contributed by atoms with Crippen LogP contribution in [-0.4, -0.2) is 42.1 Å². The van der Waals surface area contributed by atoms with Crippen molar-refractivity contribution in [3.8, 4) is 5.75 Å². The molecule has 0 spiro atoms. The Kier molecular flexibility index (Phi) is 6.42. The van der Waals surface area contributed by atoms with Crippen molar-refractivity contribution in [3.63, 3.8) is 0 Å².